The number of aromatic nitrogens is 2. The van der Waals surface area contributed by atoms with Crippen LogP contribution in [0.15, 0.2) is 58.4 Å². The molecule has 2 fully saturated rings. The fourth-order valence-electron chi connectivity index (χ4n) is 4.19. The van der Waals surface area contributed by atoms with Crippen molar-refractivity contribution in [3.63, 3.8) is 0 Å². The van der Waals surface area contributed by atoms with Gasteiger partial charge in [-0.1, -0.05) is 30.0 Å². The van der Waals surface area contributed by atoms with Crippen molar-refractivity contribution < 1.29 is 9.18 Å². The molecule has 34 heavy (non-hydrogen) atoms. The van der Waals surface area contributed by atoms with Crippen LogP contribution in [0.4, 0.5) is 15.9 Å². The molecule has 0 bridgehead atoms. The summed E-state index contributed by atoms with van der Waals surface area (Å²) in [5.41, 5.74) is 1.64. The van der Waals surface area contributed by atoms with Crippen molar-refractivity contribution in [3.05, 3.63) is 75.3 Å². The molecule has 0 unspecified atom stereocenters. The van der Waals surface area contributed by atoms with Gasteiger partial charge in [-0.25, -0.2) is 9.37 Å². The number of amides is 1. The molecule has 10 heteroatoms. The maximum atomic E-state index is 13.5. The number of pyridine rings is 1. The van der Waals surface area contributed by atoms with Crippen LogP contribution in [0.25, 0.3) is 11.7 Å². The number of hydrogen-bond acceptors (Lipinski definition) is 7. The van der Waals surface area contributed by atoms with Gasteiger partial charge in [0.15, 0.2) is 0 Å². The summed E-state index contributed by atoms with van der Waals surface area (Å²) in [6.07, 6.45) is 3.31. The van der Waals surface area contributed by atoms with E-state index in [1.165, 1.54) is 33.2 Å². The number of fused-ring (bicyclic) bond motifs is 1. The van der Waals surface area contributed by atoms with Gasteiger partial charge in [0, 0.05) is 44.6 Å². The molecular weight excluding hydrogens is 473 g/mol. The highest BCUT2D eigenvalue weighted by atomic mass is 32.2. The number of piperazine rings is 1. The van der Waals surface area contributed by atoms with Crippen LogP contribution in [0.5, 0.6) is 0 Å². The number of halogens is 1. The summed E-state index contributed by atoms with van der Waals surface area (Å²) in [7, 11) is 0. The number of benzene rings is 1. The van der Waals surface area contributed by atoms with Crippen molar-refractivity contribution in [1.29, 1.82) is 0 Å². The second-order valence-electron chi connectivity index (χ2n) is 7.96. The number of hydrogen-bond donors (Lipinski definition) is 0. The first-order valence-corrected chi connectivity index (χ1v) is 12.2. The SMILES string of the molecule is CCN1C(=O)/C(=C\c2c(N3CCN(c4ccc(F)cc4)CC3)nc3ccccn3c2=O)SC1=S. The predicted molar refractivity (Wildman–Crippen MR) is 138 cm³/mol. The van der Waals surface area contributed by atoms with E-state index in [2.05, 4.69) is 9.80 Å². The first-order chi connectivity index (χ1) is 16.5. The summed E-state index contributed by atoms with van der Waals surface area (Å²) in [5, 5.41) is 0. The lowest BCUT2D eigenvalue weighted by atomic mass is 10.2. The first-order valence-electron chi connectivity index (χ1n) is 11.0. The molecule has 0 N–H and O–H groups in total. The van der Waals surface area contributed by atoms with E-state index >= 15 is 0 Å². The molecule has 174 valence electrons. The maximum absolute atomic E-state index is 13.5. The smallest absolute Gasteiger partial charge is 0.267 e. The highest BCUT2D eigenvalue weighted by molar-refractivity contribution is 8.26. The van der Waals surface area contributed by atoms with Gasteiger partial charge in [0.05, 0.1) is 10.5 Å². The molecule has 0 aliphatic carbocycles. The lowest BCUT2D eigenvalue weighted by Gasteiger charge is -2.37. The van der Waals surface area contributed by atoms with E-state index in [1.807, 2.05) is 13.0 Å². The van der Waals surface area contributed by atoms with Crippen LogP contribution in [0.3, 0.4) is 0 Å². The summed E-state index contributed by atoms with van der Waals surface area (Å²) in [4.78, 5) is 37.3. The Morgan fingerprint density at radius 3 is 2.44 bits per heavy atom. The Hall–Kier alpha value is -3.24. The largest absolute Gasteiger partial charge is 0.368 e. The molecule has 2 saturated heterocycles. The summed E-state index contributed by atoms with van der Waals surface area (Å²) in [5.74, 6) is 0.0974. The summed E-state index contributed by atoms with van der Waals surface area (Å²) in [6.45, 7) is 4.99. The number of rotatable bonds is 4. The van der Waals surface area contributed by atoms with E-state index in [-0.39, 0.29) is 17.3 Å². The molecule has 0 spiro atoms. The Balaban J connectivity index is 1.52. The van der Waals surface area contributed by atoms with Gasteiger partial charge in [0.2, 0.25) is 0 Å². The topological polar surface area (TPSA) is 61.2 Å². The van der Waals surface area contributed by atoms with E-state index in [0.29, 0.717) is 59.0 Å². The van der Waals surface area contributed by atoms with E-state index in [0.717, 1.165) is 5.69 Å². The van der Waals surface area contributed by atoms with Crippen molar-refractivity contribution in [3.8, 4) is 0 Å². The molecule has 5 rings (SSSR count). The summed E-state index contributed by atoms with van der Waals surface area (Å²) < 4.78 is 15.3. The number of carbonyl (C=O) groups excluding carboxylic acids is 1. The molecule has 2 aromatic heterocycles. The lowest BCUT2D eigenvalue weighted by Crippen LogP contribution is -2.47. The standard InChI is InChI=1S/C24H22FN5O2S2/c1-2-29-23(32)19(34-24(29)33)15-18-21(26-20-5-3-4-10-30(20)22(18)31)28-13-11-27(12-14-28)17-8-6-16(25)7-9-17/h3-10,15H,2,11-14H2,1H3/b19-15+. The van der Waals surface area contributed by atoms with E-state index in [1.54, 1.807) is 36.5 Å². The van der Waals surface area contributed by atoms with Gasteiger partial charge in [0.25, 0.3) is 11.5 Å². The predicted octanol–water partition coefficient (Wildman–Crippen LogP) is 3.38. The van der Waals surface area contributed by atoms with E-state index in [9.17, 15) is 14.0 Å². The quantitative estimate of drug-likeness (QED) is 0.406. The van der Waals surface area contributed by atoms with Crippen LogP contribution >= 0.6 is 24.0 Å². The lowest BCUT2D eigenvalue weighted by molar-refractivity contribution is -0.121. The molecule has 0 atom stereocenters. The Bertz CT molecular complexity index is 1360. The summed E-state index contributed by atoms with van der Waals surface area (Å²) >= 11 is 6.54. The zero-order chi connectivity index (χ0) is 23.8. The van der Waals surface area contributed by atoms with Crippen LogP contribution in [0.1, 0.15) is 12.5 Å². The summed E-state index contributed by atoms with van der Waals surface area (Å²) in [6, 6.07) is 11.9. The number of likely N-dealkylation sites (N-methyl/N-ethyl adjacent to an activating group) is 1. The minimum atomic E-state index is -0.263. The van der Waals surface area contributed by atoms with Gasteiger partial charge >= 0.3 is 0 Å². The van der Waals surface area contributed by atoms with Crippen LogP contribution in [0, 0.1) is 5.82 Å². The van der Waals surface area contributed by atoms with Crippen LogP contribution in [-0.2, 0) is 4.79 Å². The molecule has 2 aliphatic heterocycles. The Morgan fingerprint density at radius 2 is 1.76 bits per heavy atom. The Labute approximate surface area is 205 Å². The normalized spacial score (nSPS) is 17.9. The highest BCUT2D eigenvalue weighted by Crippen LogP contribution is 2.33. The average Bonchev–Trinajstić information content (AvgIpc) is 3.13. The fourth-order valence-corrected chi connectivity index (χ4v) is 5.56. The highest BCUT2D eigenvalue weighted by Gasteiger charge is 2.32. The van der Waals surface area contributed by atoms with E-state index in [4.69, 9.17) is 17.2 Å². The molecule has 0 radical (unpaired) electrons. The molecule has 1 amide bonds. The number of anilines is 2. The minimum Gasteiger partial charge on any atom is -0.368 e. The van der Waals surface area contributed by atoms with Gasteiger partial charge in [0.1, 0.15) is 21.6 Å². The average molecular weight is 496 g/mol. The molecule has 3 aromatic rings. The van der Waals surface area contributed by atoms with Crippen LogP contribution < -0.4 is 15.4 Å². The fraction of sp³-hybridized carbons (Fsp3) is 0.250. The Morgan fingerprint density at radius 1 is 1.06 bits per heavy atom. The minimum absolute atomic E-state index is 0.192. The monoisotopic (exact) mass is 495 g/mol. The van der Waals surface area contributed by atoms with Crippen molar-refractivity contribution in [1.82, 2.24) is 14.3 Å². The van der Waals surface area contributed by atoms with Gasteiger partial charge < -0.3 is 9.80 Å². The van der Waals surface area contributed by atoms with Crippen molar-refractivity contribution in [2.24, 2.45) is 0 Å². The van der Waals surface area contributed by atoms with Gasteiger partial charge in [-0.3, -0.25) is 18.9 Å². The maximum Gasteiger partial charge on any atom is 0.267 e. The molecule has 7 nitrogen and oxygen atoms in total. The molecule has 4 heterocycles. The number of thiocarbonyl (C=S) groups is 1. The van der Waals surface area contributed by atoms with Crippen molar-refractivity contribution in [2.45, 2.75) is 6.92 Å². The molecule has 2 aliphatic rings. The van der Waals surface area contributed by atoms with Gasteiger partial charge in [-0.05, 0) is 49.4 Å². The Kier molecular flexibility index (Phi) is 6.09. The van der Waals surface area contributed by atoms with Crippen molar-refractivity contribution >= 4 is 57.4 Å². The van der Waals surface area contributed by atoms with Crippen LogP contribution in [0.2, 0.25) is 0 Å². The van der Waals surface area contributed by atoms with Crippen LogP contribution in [-0.4, -0.2) is 57.2 Å². The van der Waals surface area contributed by atoms with Gasteiger partial charge in [-0.2, -0.15) is 0 Å². The number of thioether (sulfide) groups is 1. The number of nitrogens with zero attached hydrogens (tertiary/aromatic N) is 5. The van der Waals surface area contributed by atoms with Crippen molar-refractivity contribution in [2.75, 3.05) is 42.5 Å². The molecule has 0 saturated carbocycles. The van der Waals surface area contributed by atoms with Gasteiger partial charge in [-0.15, -0.1) is 0 Å². The molecule has 1 aromatic carbocycles. The zero-order valence-electron chi connectivity index (χ0n) is 18.5. The third-order valence-corrected chi connectivity index (χ3v) is 7.36. The molecular formula is C24H22FN5O2S2. The third kappa shape index (κ3) is 4.07. The first kappa shape index (κ1) is 22.5. The van der Waals surface area contributed by atoms with E-state index < -0.39 is 0 Å². The third-order valence-electron chi connectivity index (χ3n) is 5.99. The second-order valence-corrected chi connectivity index (χ2v) is 9.64. The number of carbonyl (C=O) groups is 1. The second kappa shape index (κ2) is 9.19. The zero-order valence-corrected chi connectivity index (χ0v) is 20.1.